The molecule has 380 valence electrons. The van der Waals surface area contributed by atoms with E-state index in [0.29, 0.717) is 84.3 Å². The van der Waals surface area contributed by atoms with Gasteiger partial charge in [-0.15, -0.1) is 0 Å². The van der Waals surface area contributed by atoms with E-state index in [1.165, 1.54) is 0 Å². The van der Waals surface area contributed by atoms with E-state index in [0.717, 1.165) is 67.9 Å². The van der Waals surface area contributed by atoms with E-state index in [4.69, 9.17) is 37.5 Å². The molecule has 2 amide bonds. The van der Waals surface area contributed by atoms with Gasteiger partial charge < -0.3 is 38.2 Å². The van der Waals surface area contributed by atoms with Crippen molar-refractivity contribution in [3.05, 3.63) is 83.9 Å². The Morgan fingerprint density at radius 1 is 0.493 bits per heavy atom. The lowest BCUT2D eigenvalue weighted by Crippen LogP contribution is -2.50. The van der Waals surface area contributed by atoms with E-state index in [2.05, 4.69) is 9.80 Å². The Labute approximate surface area is 407 Å². The van der Waals surface area contributed by atoms with Gasteiger partial charge in [-0.3, -0.25) is 28.5 Å². The van der Waals surface area contributed by atoms with Crippen LogP contribution in [0.15, 0.2) is 72.8 Å². The summed E-state index contributed by atoms with van der Waals surface area (Å²) in [7, 11) is -0.871. The van der Waals surface area contributed by atoms with Gasteiger partial charge in [0, 0.05) is 63.5 Å². The molecule has 0 spiro atoms. The molecule has 2 fully saturated rings. The van der Waals surface area contributed by atoms with Gasteiger partial charge in [0.15, 0.2) is 23.0 Å². The molecule has 4 aromatic carbocycles. The second-order valence-electron chi connectivity index (χ2n) is 17.0. The highest BCUT2D eigenvalue weighted by atomic mass is 32.2. The Hall–Kier alpha value is -5.64. The van der Waals surface area contributed by atoms with Crippen LogP contribution in [0, 0.1) is 0 Å². The van der Waals surface area contributed by atoms with Crippen LogP contribution < -0.4 is 28.4 Å². The number of carbonyl (C=O) groups is 2. The number of nitrogens with zero attached hydrogens (tertiary/aromatic N) is 4. The van der Waals surface area contributed by atoms with Gasteiger partial charge in [0.05, 0.1) is 53.2 Å². The van der Waals surface area contributed by atoms with E-state index in [9.17, 15) is 26.4 Å². The lowest BCUT2D eigenvalue weighted by Gasteiger charge is -2.37. The maximum Gasteiger partial charge on any atom is 0.261 e. The minimum absolute atomic E-state index is 0.0285. The third-order valence-corrected chi connectivity index (χ3v) is 10.8. The van der Waals surface area contributed by atoms with Crippen LogP contribution in [0.3, 0.4) is 0 Å². The molecule has 2 N–H and O–H groups in total. The maximum atomic E-state index is 13.4. The number of ether oxygens (including phenoxy) is 6. The van der Waals surface area contributed by atoms with Crippen molar-refractivity contribution in [1.29, 1.82) is 0 Å². The van der Waals surface area contributed by atoms with Crippen molar-refractivity contribution in [1.82, 2.24) is 19.6 Å². The lowest BCUT2D eigenvalue weighted by molar-refractivity contribution is 0.0606. The Balaban J connectivity index is 0.000000940. The summed E-state index contributed by atoms with van der Waals surface area (Å²) >= 11 is 0. The number of amides is 2. The van der Waals surface area contributed by atoms with E-state index in [1.54, 1.807) is 28.4 Å². The third-order valence-electron chi connectivity index (χ3n) is 10.8. The van der Waals surface area contributed by atoms with E-state index in [1.807, 2.05) is 110 Å². The summed E-state index contributed by atoms with van der Waals surface area (Å²) < 4.78 is 86.1. The van der Waals surface area contributed by atoms with E-state index in [-0.39, 0.29) is 24.0 Å². The van der Waals surface area contributed by atoms with Crippen LogP contribution in [0.1, 0.15) is 54.8 Å². The van der Waals surface area contributed by atoms with Gasteiger partial charge in [-0.05, 0) is 118 Å². The molecule has 2 heterocycles. The molecule has 69 heavy (non-hydrogen) atoms. The first kappa shape index (κ1) is 56.0. The van der Waals surface area contributed by atoms with Gasteiger partial charge in [-0.2, -0.15) is 16.8 Å². The van der Waals surface area contributed by atoms with Gasteiger partial charge in [0.25, 0.3) is 32.1 Å². The monoisotopic (exact) mass is 1000 g/mol. The summed E-state index contributed by atoms with van der Waals surface area (Å²) in [5.74, 6) is 3.65. The molecule has 0 saturated carbocycles. The largest absolute Gasteiger partial charge is 0.493 e. The van der Waals surface area contributed by atoms with E-state index >= 15 is 0 Å². The first-order valence-corrected chi connectivity index (χ1v) is 26.2. The van der Waals surface area contributed by atoms with Crippen molar-refractivity contribution in [2.24, 2.45) is 0 Å². The number of benzene rings is 4. The van der Waals surface area contributed by atoms with Crippen molar-refractivity contribution in [3.63, 3.8) is 0 Å². The highest BCUT2D eigenvalue weighted by Crippen LogP contribution is 2.43. The third kappa shape index (κ3) is 18.0. The summed E-state index contributed by atoms with van der Waals surface area (Å²) in [6, 6.07) is 23.2. The standard InChI is InChI=1S/C47H60N4O8.2CH4O3S/c1-32(2)58-44-40(54-5)28-38(29-41(44)55-6)34-10-14-36(15-11-34)46(52)50-24-20-48(21-25-50)18-9-19-49-22-26-51(27-23-49)47(53)37-16-12-35(13-17-37)39-30-42(56-7)45(59-33(3)4)43(31-39)57-8;2*1-5(2,3)4/h10-17,28-33H,9,18-27H2,1-8H3;2*1H3,(H,2,3,4). The maximum absolute atomic E-state index is 13.4. The number of hydrogen-bond donors (Lipinski definition) is 2. The van der Waals surface area contributed by atoms with Crippen molar-refractivity contribution >= 4 is 32.1 Å². The zero-order valence-corrected chi connectivity index (χ0v) is 42.9. The summed E-state index contributed by atoms with van der Waals surface area (Å²) in [5, 5.41) is 0. The predicted molar refractivity (Wildman–Crippen MR) is 266 cm³/mol. The van der Waals surface area contributed by atoms with Crippen LogP contribution in [-0.2, 0) is 20.2 Å². The predicted octanol–water partition coefficient (Wildman–Crippen LogP) is 6.24. The molecule has 20 heteroatoms. The minimum atomic E-state index is -3.67. The van der Waals surface area contributed by atoms with Crippen LogP contribution in [0.4, 0.5) is 0 Å². The molecular weight excluding hydrogens is 933 g/mol. The Bertz CT molecular complexity index is 2280. The number of methoxy groups -OCH3 is 4. The molecule has 18 nitrogen and oxygen atoms in total. The highest BCUT2D eigenvalue weighted by molar-refractivity contribution is 7.85. The summed E-state index contributed by atoms with van der Waals surface area (Å²) in [4.78, 5) is 35.7. The first-order valence-electron chi connectivity index (χ1n) is 22.5. The van der Waals surface area contributed by atoms with Crippen molar-refractivity contribution in [2.75, 3.05) is 106 Å². The van der Waals surface area contributed by atoms with Gasteiger partial charge >= 0.3 is 0 Å². The topological polar surface area (TPSA) is 211 Å². The van der Waals surface area contributed by atoms with Gasteiger partial charge in [-0.25, -0.2) is 0 Å². The molecular formula is C49H68N4O14S2. The fourth-order valence-electron chi connectivity index (χ4n) is 7.64. The first-order chi connectivity index (χ1) is 32.5. The van der Waals surface area contributed by atoms with Gasteiger partial charge in [-0.1, -0.05) is 24.3 Å². The average Bonchev–Trinajstić information content (AvgIpc) is 3.30. The SMILES string of the molecule is COc1cc(-c2ccc(C(=O)N3CCN(CCCN4CCN(C(=O)c5ccc(-c6cc(OC)c(OC(C)C)c(OC)c6)cc5)CC4)CC3)cc2)cc(OC)c1OC(C)C.CS(=O)(=O)O.CS(=O)(=O)O. The number of rotatable bonds is 16. The van der Waals surface area contributed by atoms with Gasteiger partial charge in [0.2, 0.25) is 11.5 Å². The minimum Gasteiger partial charge on any atom is -0.493 e. The molecule has 0 unspecified atom stereocenters. The highest BCUT2D eigenvalue weighted by Gasteiger charge is 2.25. The van der Waals surface area contributed by atoms with E-state index < -0.39 is 20.2 Å². The van der Waals surface area contributed by atoms with Gasteiger partial charge in [0.1, 0.15) is 0 Å². The Morgan fingerprint density at radius 2 is 0.754 bits per heavy atom. The Kier molecular flexibility index (Phi) is 20.9. The van der Waals surface area contributed by atoms with Crippen molar-refractivity contribution < 1.29 is 64.0 Å². The number of carbonyl (C=O) groups excluding carboxylic acids is 2. The summed E-state index contributed by atoms with van der Waals surface area (Å²) in [6.45, 7) is 16.1. The fourth-order valence-corrected chi connectivity index (χ4v) is 7.64. The Morgan fingerprint density at radius 3 is 0.986 bits per heavy atom. The molecule has 6 rings (SSSR count). The molecule has 2 aliphatic rings. The van der Waals surface area contributed by atoms with Crippen LogP contribution >= 0.6 is 0 Å². The molecule has 0 radical (unpaired) electrons. The molecule has 0 aromatic heterocycles. The zero-order chi connectivity index (χ0) is 51.1. The summed E-state index contributed by atoms with van der Waals surface area (Å²) in [5.41, 5.74) is 5.10. The fraction of sp³-hybridized carbons (Fsp3) is 0.469. The lowest BCUT2D eigenvalue weighted by atomic mass is 10.0. The molecule has 0 atom stereocenters. The van der Waals surface area contributed by atoms with Crippen LogP contribution in [-0.4, -0.2) is 176 Å². The van der Waals surface area contributed by atoms with Crippen LogP contribution in [0.25, 0.3) is 22.3 Å². The molecule has 4 aromatic rings. The number of piperazine rings is 2. The summed E-state index contributed by atoms with van der Waals surface area (Å²) in [6.07, 6.45) is 2.42. The van der Waals surface area contributed by atoms with Crippen LogP contribution in [0.2, 0.25) is 0 Å². The smallest absolute Gasteiger partial charge is 0.261 e. The second kappa shape index (κ2) is 25.8. The second-order valence-corrected chi connectivity index (χ2v) is 19.9. The van der Waals surface area contributed by atoms with Crippen molar-refractivity contribution in [2.45, 2.75) is 46.3 Å². The average molecular weight is 1000 g/mol. The van der Waals surface area contributed by atoms with Crippen LogP contribution in [0.5, 0.6) is 34.5 Å². The molecule has 2 aliphatic heterocycles. The quantitative estimate of drug-likeness (QED) is 0.119. The normalized spacial score (nSPS) is 14.5. The molecule has 2 saturated heterocycles. The molecule has 0 aliphatic carbocycles. The zero-order valence-electron chi connectivity index (χ0n) is 41.3. The molecule has 0 bridgehead atoms. The van der Waals surface area contributed by atoms with Crippen molar-refractivity contribution in [3.8, 4) is 56.8 Å². The number of hydrogen-bond acceptors (Lipinski definition) is 14.